The molecule has 0 bridgehead atoms. The number of rotatable bonds is 7. The zero-order valence-electron chi connectivity index (χ0n) is 18.4. The van der Waals surface area contributed by atoms with Crippen LogP contribution in [-0.4, -0.2) is 41.8 Å². The Labute approximate surface area is 193 Å². The molecule has 1 aromatic carbocycles. The molecule has 8 heteroatoms. The number of H-pyrrole nitrogens is 1. The summed E-state index contributed by atoms with van der Waals surface area (Å²) in [6.45, 7) is 2.33. The maximum Gasteiger partial charge on any atom is 0.256 e. The first-order valence-electron chi connectivity index (χ1n) is 11.7. The van der Waals surface area contributed by atoms with Crippen molar-refractivity contribution < 1.29 is 4.39 Å². The Morgan fingerprint density at radius 3 is 2.47 bits per heavy atom. The van der Waals surface area contributed by atoms with Crippen molar-refractivity contribution in [2.75, 3.05) is 25.0 Å². The molecule has 1 aliphatic heterocycles. The van der Waals surface area contributed by atoms with Gasteiger partial charge in [-0.1, -0.05) is 23.7 Å². The number of aromatic nitrogens is 2. The van der Waals surface area contributed by atoms with Gasteiger partial charge >= 0.3 is 0 Å². The Balaban J connectivity index is 1.50. The van der Waals surface area contributed by atoms with Crippen LogP contribution in [0.25, 0.3) is 0 Å². The molecule has 1 unspecified atom stereocenters. The number of nitrogens with two attached hydrogens (primary N) is 1. The molecule has 6 nitrogen and oxygen atoms in total. The number of anilines is 1. The van der Waals surface area contributed by atoms with Crippen LogP contribution in [0.2, 0.25) is 5.02 Å². The fourth-order valence-corrected chi connectivity index (χ4v) is 5.08. The first-order valence-corrected chi connectivity index (χ1v) is 12.1. The van der Waals surface area contributed by atoms with Gasteiger partial charge in [-0.05, 0) is 81.6 Å². The smallest absolute Gasteiger partial charge is 0.256 e. The minimum atomic E-state index is -0.747. The van der Waals surface area contributed by atoms with Gasteiger partial charge in [-0.3, -0.25) is 9.78 Å². The van der Waals surface area contributed by atoms with E-state index < -0.39 is 6.17 Å². The summed E-state index contributed by atoms with van der Waals surface area (Å²) in [5, 5.41) is 7.32. The summed E-state index contributed by atoms with van der Waals surface area (Å²) in [7, 11) is 0. The molecular formula is C24H33ClFN5O. The van der Waals surface area contributed by atoms with Crippen LogP contribution in [0.4, 0.5) is 10.3 Å². The predicted molar refractivity (Wildman–Crippen MR) is 127 cm³/mol. The van der Waals surface area contributed by atoms with E-state index in [1.54, 1.807) is 0 Å². The summed E-state index contributed by atoms with van der Waals surface area (Å²) in [6.07, 6.45) is 4.33. The average Bonchev–Trinajstić information content (AvgIpc) is 2.80. The van der Waals surface area contributed by atoms with Gasteiger partial charge in [0, 0.05) is 29.1 Å². The topological polar surface area (TPSA) is 95.8 Å². The van der Waals surface area contributed by atoms with Crippen molar-refractivity contribution in [2.45, 2.75) is 69.0 Å². The quantitative estimate of drug-likeness (QED) is 0.502. The predicted octanol–water partition coefficient (Wildman–Crippen LogP) is 3.87. The van der Waals surface area contributed by atoms with Crippen LogP contribution in [0.5, 0.6) is 0 Å². The monoisotopic (exact) mass is 461 g/mol. The molecule has 1 atom stereocenters. The Kier molecular flexibility index (Phi) is 7.81. The second kappa shape index (κ2) is 10.8. The lowest BCUT2D eigenvalue weighted by Crippen LogP contribution is -2.34. The van der Waals surface area contributed by atoms with Gasteiger partial charge in [-0.2, -0.15) is 0 Å². The van der Waals surface area contributed by atoms with Crippen LogP contribution in [0.3, 0.4) is 0 Å². The molecule has 2 fully saturated rings. The van der Waals surface area contributed by atoms with E-state index in [1.807, 2.05) is 24.3 Å². The molecule has 1 saturated heterocycles. The van der Waals surface area contributed by atoms with Gasteiger partial charge in [0.15, 0.2) is 0 Å². The molecule has 2 aliphatic rings. The van der Waals surface area contributed by atoms with E-state index in [-0.39, 0.29) is 23.4 Å². The average molecular weight is 462 g/mol. The lowest BCUT2D eigenvalue weighted by molar-refractivity contribution is 0.234. The zero-order chi connectivity index (χ0) is 22.5. The highest BCUT2D eigenvalue weighted by atomic mass is 35.5. The number of nitrogens with one attached hydrogen (secondary N) is 3. The summed E-state index contributed by atoms with van der Waals surface area (Å²) in [5.74, 6) is 0.808. The minimum absolute atomic E-state index is 0.0874. The van der Waals surface area contributed by atoms with Gasteiger partial charge in [0.2, 0.25) is 5.95 Å². The van der Waals surface area contributed by atoms with Crippen LogP contribution >= 0.6 is 11.6 Å². The number of hydrogen-bond donors (Lipinski definition) is 4. The molecule has 174 valence electrons. The minimum Gasteiger partial charge on any atom is -0.354 e. The highest BCUT2D eigenvalue weighted by Gasteiger charge is 2.30. The molecule has 1 aromatic heterocycles. The lowest BCUT2D eigenvalue weighted by atomic mass is 9.80. The van der Waals surface area contributed by atoms with Crippen molar-refractivity contribution in [2.24, 2.45) is 5.73 Å². The highest BCUT2D eigenvalue weighted by Crippen LogP contribution is 2.37. The normalized spacial score (nSPS) is 23.1. The second-order valence-electron chi connectivity index (χ2n) is 9.16. The summed E-state index contributed by atoms with van der Waals surface area (Å²) in [6, 6.07) is 7.52. The van der Waals surface area contributed by atoms with Gasteiger partial charge in [0.1, 0.15) is 6.17 Å². The number of piperidine rings is 1. The number of hydrogen-bond acceptors (Lipinski definition) is 5. The third-order valence-corrected chi connectivity index (χ3v) is 6.97. The molecular weight excluding hydrogens is 429 g/mol. The largest absolute Gasteiger partial charge is 0.354 e. The van der Waals surface area contributed by atoms with Gasteiger partial charge in [0.25, 0.3) is 5.56 Å². The summed E-state index contributed by atoms with van der Waals surface area (Å²) < 4.78 is 13.7. The van der Waals surface area contributed by atoms with Crippen molar-refractivity contribution in [1.82, 2.24) is 15.3 Å². The van der Waals surface area contributed by atoms with Gasteiger partial charge in [-0.25, -0.2) is 9.37 Å². The molecule has 5 N–H and O–H groups in total. The number of alkyl halides is 1. The molecule has 4 rings (SSSR count). The van der Waals surface area contributed by atoms with Crippen molar-refractivity contribution in [3.05, 3.63) is 56.5 Å². The summed E-state index contributed by atoms with van der Waals surface area (Å²) in [5.41, 5.74) is 9.00. The molecule has 2 heterocycles. The fourth-order valence-electron chi connectivity index (χ4n) is 4.95. The standard InChI is InChI=1S/C24H33ClFN5O/c25-18-5-1-15(2-6-18)13-20(27)14-29-24-30-22(17-9-11-28-12-10-17)21(23(32)31-24)16-3-7-19(26)8-4-16/h1-2,5-6,16-17,19-20,28H,3-4,7-14,27H2,(H2,29,30,31,32). The van der Waals surface area contributed by atoms with Gasteiger partial charge in [0.05, 0.1) is 5.69 Å². The molecule has 32 heavy (non-hydrogen) atoms. The second-order valence-corrected chi connectivity index (χ2v) is 9.59. The maximum atomic E-state index is 13.7. The van der Waals surface area contributed by atoms with Crippen molar-refractivity contribution in [3.8, 4) is 0 Å². The van der Waals surface area contributed by atoms with E-state index in [4.69, 9.17) is 22.3 Å². The van der Waals surface area contributed by atoms with Crippen LogP contribution in [0, 0.1) is 0 Å². The van der Waals surface area contributed by atoms with Crippen molar-refractivity contribution in [1.29, 1.82) is 0 Å². The number of nitrogens with zero attached hydrogens (tertiary/aromatic N) is 1. The molecule has 2 aromatic rings. The highest BCUT2D eigenvalue weighted by molar-refractivity contribution is 6.30. The SMILES string of the molecule is NC(CNc1nc(C2CCNCC2)c(C2CCC(F)CC2)c(=O)[nH]1)Cc1ccc(Cl)cc1. The first kappa shape index (κ1) is 23.2. The van der Waals surface area contributed by atoms with E-state index >= 15 is 0 Å². The van der Waals surface area contributed by atoms with Crippen LogP contribution in [-0.2, 0) is 6.42 Å². The first-order chi connectivity index (χ1) is 15.5. The Morgan fingerprint density at radius 2 is 1.78 bits per heavy atom. The molecule has 0 amide bonds. The zero-order valence-corrected chi connectivity index (χ0v) is 19.1. The number of halogens is 2. The lowest BCUT2D eigenvalue weighted by Gasteiger charge is -2.29. The molecule has 0 radical (unpaired) electrons. The van der Waals surface area contributed by atoms with Gasteiger partial charge < -0.3 is 16.4 Å². The Bertz CT molecular complexity index is 936. The van der Waals surface area contributed by atoms with Crippen molar-refractivity contribution in [3.63, 3.8) is 0 Å². The summed E-state index contributed by atoms with van der Waals surface area (Å²) >= 11 is 5.95. The van der Waals surface area contributed by atoms with Crippen molar-refractivity contribution >= 4 is 17.5 Å². The van der Waals surface area contributed by atoms with Crippen LogP contribution in [0.1, 0.15) is 67.2 Å². The number of aromatic amines is 1. The van der Waals surface area contributed by atoms with Gasteiger partial charge in [-0.15, -0.1) is 0 Å². The van der Waals surface area contributed by atoms with E-state index in [2.05, 4.69) is 15.6 Å². The molecule has 1 aliphatic carbocycles. The van der Waals surface area contributed by atoms with E-state index in [1.165, 1.54) is 0 Å². The maximum absolute atomic E-state index is 13.7. The Hall–Kier alpha value is -1.96. The Morgan fingerprint density at radius 1 is 1.09 bits per heavy atom. The van der Waals surface area contributed by atoms with E-state index in [0.29, 0.717) is 49.6 Å². The van der Waals surface area contributed by atoms with E-state index in [0.717, 1.165) is 42.8 Å². The van der Waals surface area contributed by atoms with E-state index in [9.17, 15) is 9.18 Å². The summed E-state index contributed by atoms with van der Waals surface area (Å²) in [4.78, 5) is 21.0. The third kappa shape index (κ3) is 5.88. The third-order valence-electron chi connectivity index (χ3n) is 6.72. The van der Waals surface area contributed by atoms with Crippen LogP contribution in [0.15, 0.2) is 29.1 Å². The van der Waals surface area contributed by atoms with Crippen LogP contribution < -0.4 is 21.9 Å². The fraction of sp³-hybridized carbons (Fsp3) is 0.583. The molecule has 0 spiro atoms. The number of benzene rings is 1. The molecule has 1 saturated carbocycles.